The van der Waals surface area contributed by atoms with Crippen LogP contribution < -0.4 is 9.47 Å². The molecule has 0 aromatic carbocycles. The van der Waals surface area contributed by atoms with E-state index in [2.05, 4.69) is 4.98 Å². The molecule has 0 spiro atoms. The average molecular weight is 267 g/mol. The molecule has 7 nitrogen and oxygen atoms in total. The van der Waals surface area contributed by atoms with E-state index in [9.17, 15) is 9.59 Å². The van der Waals surface area contributed by atoms with Crippen molar-refractivity contribution in [1.82, 2.24) is 14.5 Å². The number of imidazole rings is 1. The Bertz CT molecular complexity index is 495. The lowest BCUT2D eigenvalue weighted by atomic mass is 10.3. The summed E-state index contributed by atoms with van der Waals surface area (Å²) in [4.78, 5) is 29.0. The maximum absolute atomic E-state index is 11.6. The molecule has 2 rings (SSSR count). The van der Waals surface area contributed by atoms with Gasteiger partial charge in [-0.05, 0) is 20.5 Å². The van der Waals surface area contributed by atoms with Gasteiger partial charge in [0.1, 0.15) is 0 Å². The highest BCUT2D eigenvalue weighted by molar-refractivity contribution is 5.80. The molecule has 0 aliphatic carbocycles. The topological polar surface area (TPSA) is 73.7 Å². The molecule has 0 fully saturated rings. The second-order valence-electron chi connectivity index (χ2n) is 4.57. The zero-order valence-electron chi connectivity index (χ0n) is 11.3. The van der Waals surface area contributed by atoms with E-state index in [1.807, 2.05) is 25.9 Å². The van der Waals surface area contributed by atoms with Gasteiger partial charge < -0.3 is 9.47 Å². The first-order valence-corrected chi connectivity index (χ1v) is 6.18. The van der Waals surface area contributed by atoms with Crippen LogP contribution in [0.5, 0.6) is 11.9 Å². The van der Waals surface area contributed by atoms with Crippen LogP contribution in [0.3, 0.4) is 0 Å². The van der Waals surface area contributed by atoms with Crippen LogP contribution in [-0.2, 0) is 9.59 Å². The largest absolute Gasteiger partial charge is 0.406 e. The molecule has 1 unspecified atom stereocenters. The smallest absolute Gasteiger partial charge is 0.314 e. The quantitative estimate of drug-likeness (QED) is 0.759. The Labute approximate surface area is 111 Å². The normalized spacial score (nSPS) is 17.3. The van der Waals surface area contributed by atoms with Crippen molar-refractivity contribution in [2.75, 3.05) is 14.1 Å². The molecule has 1 aliphatic rings. The van der Waals surface area contributed by atoms with Gasteiger partial charge in [0.15, 0.2) is 0 Å². The number of carbonyl (C=O) groups is 2. The highest BCUT2D eigenvalue weighted by atomic mass is 16.6. The van der Waals surface area contributed by atoms with Gasteiger partial charge in [0.05, 0.1) is 25.2 Å². The Morgan fingerprint density at radius 3 is 2.53 bits per heavy atom. The van der Waals surface area contributed by atoms with E-state index in [4.69, 9.17) is 9.47 Å². The van der Waals surface area contributed by atoms with E-state index in [-0.39, 0.29) is 30.9 Å². The molecule has 0 amide bonds. The minimum absolute atomic E-state index is 0.00225. The second-order valence-corrected chi connectivity index (χ2v) is 4.57. The van der Waals surface area contributed by atoms with Crippen molar-refractivity contribution in [2.45, 2.75) is 32.4 Å². The van der Waals surface area contributed by atoms with E-state index in [1.54, 1.807) is 10.8 Å². The van der Waals surface area contributed by atoms with E-state index in [0.29, 0.717) is 0 Å². The van der Waals surface area contributed by atoms with Crippen molar-refractivity contribution < 1.29 is 19.1 Å². The molecule has 1 aliphatic heterocycles. The van der Waals surface area contributed by atoms with E-state index < -0.39 is 11.9 Å². The number of hydrogen-bond donors (Lipinski definition) is 0. The second kappa shape index (κ2) is 5.40. The van der Waals surface area contributed by atoms with E-state index >= 15 is 0 Å². The number of aromatic nitrogens is 2. The molecule has 0 saturated heterocycles. The minimum atomic E-state index is -0.481. The van der Waals surface area contributed by atoms with Crippen molar-refractivity contribution in [1.29, 1.82) is 0 Å². The van der Waals surface area contributed by atoms with E-state index in [0.717, 1.165) is 6.42 Å². The van der Waals surface area contributed by atoms with Crippen LogP contribution in [0.15, 0.2) is 6.20 Å². The van der Waals surface area contributed by atoms with Crippen LogP contribution >= 0.6 is 0 Å². The van der Waals surface area contributed by atoms with Gasteiger partial charge in [-0.3, -0.25) is 19.1 Å². The first-order chi connectivity index (χ1) is 9.01. The van der Waals surface area contributed by atoms with Gasteiger partial charge in [0.25, 0.3) is 0 Å². The zero-order valence-corrected chi connectivity index (χ0v) is 11.3. The predicted molar refractivity (Wildman–Crippen MR) is 65.7 cm³/mol. The highest BCUT2D eigenvalue weighted by Crippen LogP contribution is 2.27. The first-order valence-electron chi connectivity index (χ1n) is 6.18. The number of carbonyl (C=O) groups excluding carboxylic acids is 2. The van der Waals surface area contributed by atoms with Crippen LogP contribution in [0.2, 0.25) is 0 Å². The van der Waals surface area contributed by atoms with Gasteiger partial charge in [0, 0.05) is 0 Å². The predicted octanol–water partition coefficient (Wildman–Crippen LogP) is 0.958. The lowest BCUT2D eigenvalue weighted by Gasteiger charge is -2.25. The van der Waals surface area contributed by atoms with Crippen LogP contribution in [-0.4, -0.2) is 40.5 Å². The van der Waals surface area contributed by atoms with Gasteiger partial charge in [-0.2, -0.15) is 4.98 Å². The molecule has 1 atom stereocenters. The maximum Gasteiger partial charge on any atom is 0.314 e. The summed E-state index contributed by atoms with van der Waals surface area (Å²) in [6.07, 6.45) is 2.35. The van der Waals surface area contributed by atoms with Gasteiger partial charge in [-0.25, -0.2) is 0 Å². The molecule has 0 saturated carbocycles. The van der Waals surface area contributed by atoms with Crippen LogP contribution in [0.25, 0.3) is 0 Å². The SMILES string of the molecule is CCC(N(C)C)n1cc2nc1OC(=O)CCC(=O)O2. The Kier molecular flexibility index (Phi) is 3.84. The molecule has 104 valence electrons. The summed E-state index contributed by atoms with van der Waals surface area (Å²) in [5.41, 5.74) is 0. The number of esters is 2. The van der Waals surface area contributed by atoms with Crippen molar-refractivity contribution >= 4 is 11.9 Å². The summed E-state index contributed by atoms with van der Waals surface area (Å²) in [6.45, 7) is 2.01. The first kappa shape index (κ1) is 13.5. The number of fused-ring (bicyclic) bond motifs is 2. The van der Waals surface area contributed by atoms with Gasteiger partial charge >= 0.3 is 17.9 Å². The molecule has 1 aromatic heterocycles. The van der Waals surface area contributed by atoms with Crippen molar-refractivity contribution in [3.63, 3.8) is 0 Å². The molecular formula is C12H17N3O4. The maximum atomic E-state index is 11.6. The molecular weight excluding hydrogens is 250 g/mol. The fraction of sp³-hybridized carbons (Fsp3) is 0.583. The molecule has 2 heterocycles. The number of hydrogen-bond acceptors (Lipinski definition) is 6. The Morgan fingerprint density at radius 2 is 1.95 bits per heavy atom. The summed E-state index contributed by atoms with van der Waals surface area (Å²) < 4.78 is 11.9. The molecule has 2 bridgehead atoms. The summed E-state index contributed by atoms with van der Waals surface area (Å²) in [5.74, 6) is -0.797. The highest BCUT2D eigenvalue weighted by Gasteiger charge is 2.24. The molecule has 1 aromatic rings. The fourth-order valence-electron chi connectivity index (χ4n) is 2.03. The standard InChI is InChI=1S/C12H17N3O4/c1-4-9(14(2)3)15-7-8-13-12(15)19-11(17)6-5-10(16)18-8/h7,9H,4-6H2,1-3H3. The molecule has 0 radical (unpaired) electrons. The van der Waals surface area contributed by atoms with Crippen molar-refractivity contribution in [2.24, 2.45) is 0 Å². The molecule has 19 heavy (non-hydrogen) atoms. The third-order valence-electron chi connectivity index (χ3n) is 2.92. The summed E-state index contributed by atoms with van der Waals surface area (Å²) in [5, 5.41) is 0. The number of nitrogens with zero attached hydrogens (tertiary/aromatic N) is 3. The van der Waals surface area contributed by atoms with Crippen molar-refractivity contribution in [3.05, 3.63) is 6.20 Å². The Hall–Kier alpha value is -1.89. The third-order valence-corrected chi connectivity index (χ3v) is 2.92. The van der Waals surface area contributed by atoms with Crippen LogP contribution in [0.1, 0.15) is 32.4 Å². The third kappa shape index (κ3) is 2.93. The molecule has 7 heteroatoms. The summed E-state index contributed by atoms with van der Waals surface area (Å²) in [7, 11) is 3.83. The lowest BCUT2D eigenvalue weighted by molar-refractivity contribution is -0.140. The van der Waals surface area contributed by atoms with Gasteiger partial charge in [-0.15, -0.1) is 0 Å². The van der Waals surface area contributed by atoms with Crippen molar-refractivity contribution in [3.8, 4) is 11.9 Å². The summed E-state index contributed by atoms with van der Waals surface area (Å²) in [6, 6.07) is 0.162. The zero-order chi connectivity index (χ0) is 14.0. The molecule has 0 N–H and O–H groups in total. The number of ether oxygens (including phenoxy) is 2. The average Bonchev–Trinajstić information content (AvgIpc) is 2.71. The van der Waals surface area contributed by atoms with Gasteiger partial charge in [-0.1, -0.05) is 6.92 Å². The van der Waals surface area contributed by atoms with Crippen LogP contribution in [0.4, 0.5) is 0 Å². The lowest BCUT2D eigenvalue weighted by Crippen LogP contribution is -2.26. The van der Waals surface area contributed by atoms with Crippen LogP contribution in [0, 0.1) is 0 Å². The summed E-state index contributed by atoms with van der Waals surface area (Å²) >= 11 is 0. The monoisotopic (exact) mass is 267 g/mol. The Balaban J connectivity index is 2.39. The Morgan fingerprint density at radius 1 is 1.32 bits per heavy atom. The minimum Gasteiger partial charge on any atom is -0.406 e. The fourth-order valence-corrected chi connectivity index (χ4v) is 2.03. The van der Waals surface area contributed by atoms with Gasteiger partial charge in [0.2, 0.25) is 5.88 Å². The number of rotatable bonds is 3. The van der Waals surface area contributed by atoms with E-state index in [1.165, 1.54) is 0 Å².